The lowest BCUT2D eigenvalue weighted by Gasteiger charge is -2.19. The van der Waals surface area contributed by atoms with Crippen molar-refractivity contribution in [1.29, 1.82) is 0 Å². The highest BCUT2D eigenvalue weighted by Gasteiger charge is 2.19. The van der Waals surface area contributed by atoms with Crippen LogP contribution < -0.4 is 5.32 Å². The summed E-state index contributed by atoms with van der Waals surface area (Å²) in [4.78, 5) is 24.6. The van der Waals surface area contributed by atoms with Crippen LogP contribution >= 0.6 is 0 Å². The van der Waals surface area contributed by atoms with Crippen molar-refractivity contribution in [1.82, 2.24) is 10.2 Å². The molecule has 0 aromatic heterocycles. The van der Waals surface area contributed by atoms with Gasteiger partial charge >= 0.3 is 0 Å². The molecule has 90 valence electrons. The number of nitrogens with one attached hydrogen (secondary N) is 1. The molecule has 1 aromatic carbocycles. The van der Waals surface area contributed by atoms with E-state index in [9.17, 15) is 9.59 Å². The second-order valence-electron chi connectivity index (χ2n) is 4.33. The molecule has 1 fully saturated rings. The third-order valence-electron chi connectivity index (χ3n) is 2.89. The summed E-state index contributed by atoms with van der Waals surface area (Å²) in [7, 11) is 0. The molecule has 1 heterocycles. The smallest absolute Gasteiger partial charge is 0.242 e. The van der Waals surface area contributed by atoms with E-state index in [1.54, 1.807) is 4.90 Å². The molecule has 2 rings (SSSR count). The van der Waals surface area contributed by atoms with Crippen LogP contribution in [0.3, 0.4) is 0 Å². The first-order chi connectivity index (χ1) is 8.15. The Bertz CT molecular complexity index is 426. The van der Waals surface area contributed by atoms with Crippen molar-refractivity contribution in [3.63, 3.8) is 0 Å². The number of hydrogen-bond acceptors (Lipinski definition) is 2. The van der Waals surface area contributed by atoms with Crippen LogP contribution in [0.25, 0.3) is 0 Å². The summed E-state index contributed by atoms with van der Waals surface area (Å²) in [6, 6.07) is 8.09. The number of hydrogen-bond donors (Lipinski definition) is 1. The standard InChI is InChI=1S/C13H16N2O2/c1-10-2-4-11(5-3-10)9-15-7-6-12(16)14-8-13(15)17/h2-5H,6-9H2,1H3,(H,14,16). The summed E-state index contributed by atoms with van der Waals surface area (Å²) >= 11 is 0. The van der Waals surface area contributed by atoms with Crippen LogP contribution in [0.15, 0.2) is 24.3 Å². The van der Waals surface area contributed by atoms with E-state index in [4.69, 9.17) is 0 Å². The van der Waals surface area contributed by atoms with Gasteiger partial charge in [0.25, 0.3) is 0 Å². The lowest BCUT2D eigenvalue weighted by atomic mass is 10.1. The van der Waals surface area contributed by atoms with Gasteiger partial charge in [0, 0.05) is 19.5 Å². The molecule has 0 radical (unpaired) electrons. The molecule has 2 amide bonds. The average molecular weight is 232 g/mol. The topological polar surface area (TPSA) is 49.4 Å². The van der Waals surface area contributed by atoms with Crippen molar-refractivity contribution in [3.05, 3.63) is 35.4 Å². The molecular formula is C13H16N2O2. The third-order valence-corrected chi connectivity index (χ3v) is 2.89. The Hall–Kier alpha value is -1.84. The van der Waals surface area contributed by atoms with E-state index in [0.717, 1.165) is 5.56 Å². The fourth-order valence-corrected chi connectivity index (χ4v) is 1.82. The highest BCUT2D eigenvalue weighted by atomic mass is 16.2. The Morgan fingerprint density at radius 1 is 1.24 bits per heavy atom. The zero-order chi connectivity index (χ0) is 12.3. The summed E-state index contributed by atoms with van der Waals surface area (Å²) < 4.78 is 0. The van der Waals surface area contributed by atoms with Crippen LogP contribution in [0.2, 0.25) is 0 Å². The van der Waals surface area contributed by atoms with Crippen molar-refractivity contribution >= 4 is 11.8 Å². The predicted molar refractivity (Wildman–Crippen MR) is 64.2 cm³/mol. The zero-order valence-corrected chi connectivity index (χ0v) is 9.90. The molecule has 4 nitrogen and oxygen atoms in total. The van der Waals surface area contributed by atoms with E-state index in [1.807, 2.05) is 31.2 Å². The van der Waals surface area contributed by atoms with Crippen molar-refractivity contribution < 1.29 is 9.59 Å². The highest BCUT2D eigenvalue weighted by Crippen LogP contribution is 2.08. The molecule has 17 heavy (non-hydrogen) atoms. The van der Waals surface area contributed by atoms with Gasteiger partial charge in [0.15, 0.2) is 0 Å². The molecule has 1 N–H and O–H groups in total. The average Bonchev–Trinajstić information content (AvgIpc) is 2.47. The molecular weight excluding hydrogens is 216 g/mol. The molecule has 1 aliphatic heterocycles. The SMILES string of the molecule is Cc1ccc(CN2CCC(=O)NCC2=O)cc1. The number of rotatable bonds is 2. The largest absolute Gasteiger partial charge is 0.347 e. The van der Waals surface area contributed by atoms with Gasteiger partial charge in [-0.05, 0) is 12.5 Å². The van der Waals surface area contributed by atoms with Gasteiger partial charge in [-0.25, -0.2) is 0 Å². The Morgan fingerprint density at radius 2 is 1.94 bits per heavy atom. The molecule has 4 heteroatoms. The summed E-state index contributed by atoms with van der Waals surface area (Å²) in [6.45, 7) is 3.22. The summed E-state index contributed by atoms with van der Waals surface area (Å²) in [6.07, 6.45) is 0.387. The monoisotopic (exact) mass is 232 g/mol. The van der Waals surface area contributed by atoms with E-state index in [1.165, 1.54) is 5.56 Å². The Balaban J connectivity index is 2.04. The van der Waals surface area contributed by atoms with E-state index in [0.29, 0.717) is 19.5 Å². The van der Waals surface area contributed by atoms with Crippen LogP contribution in [0.1, 0.15) is 17.5 Å². The summed E-state index contributed by atoms with van der Waals surface area (Å²) in [5.41, 5.74) is 2.30. The number of nitrogens with zero attached hydrogens (tertiary/aromatic N) is 1. The first-order valence-electron chi connectivity index (χ1n) is 5.75. The Morgan fingerprint density at radius 3 is 2.65 bits per heavy atom. The van der Waals surface area contributed by atoms with Crippen molar-refractivity contribution in [2.45, 2.75) is 19.9 Å². The van der Waals surface area contributed by atoms with E-state index in [-0.39, 0.29) is 18.4 Å². The molecule has 0 bridgehead atoms. The number of benzene rings is 1. The minimum Gasteiger partial charge on any atom is -0.347 e. The Kier molecular flexibility index (Phi) is 3.42. The number of carbonyl (C=O) groups excluding carboxylic acids is 2. The van der Waals surface area contributed by atoms with Crippen LogP contribution in [0.4, 0.5) is 0 Å². The maximum atomic E-state index is 11.7. The fraction of sp³-hybridized carbons (Fsp3) is 0.385. The quantitative estimate of drug-likeness (QED) is 0.821. The van der Waals surface area contributed by atoms with Gasteiger partial charge in [0.2, 0.25) is 11.8 Å². The number of carbonyl (C=O) groups is 2. The van der Waals surface area contributed by atoms with Gasteiger partial charge in [-0.3, -0.25) is 9.59 Å². The van der Waals surface area contributed by atoms with Gasteiger partial charge in [-0.15, -0.1) is 0 Å². The fourth-order valence-electron chi connectivity index (χ4n) is 1.82. The Labute approximate surface area is 101 Å². The lowest BCUT2D eigenvalue weighted by molar-refractivity contribution is -0.130. The predicted octanol–water partition coefficient (Wildman–Crippen LogP) is 0.844. The van der Waals surface area contributed by atoms with E-state index >= 15 is 0 Å². The first kappa shape index (κ1) is 11.6. The van der Waals surface area contributed by atoms with Gasteiger partial charge in [-0.2, -0.15) is 0 Å². The third kappa shape index (κ3) is 3.06. The second kappa shape index (κ2) is 4.99. The molecule has 1 aromatic rings. The molecule has 0 saturated carbocycles. The number of amides is 2. The maximum absolute atomic E-state index is 11.7. The van der Waals surface area contributed by atoms with Crippen LogP contribution in [0.5, 0.6) is 0 Å². The normalized spacial score (nSPS) is 16.6. The minimum absolute atomic E-state index is 0.0172. The van der Waals surface area contributed by atoms with Crippen molar-refractivity contribution in [2.24, 2.45) is 0 Å². The summed E-state index contributed by atoms with van der Waals surface area (Å²) in [5, 5.41) is 2.59. The zero-order valence-electron chi connectivity index (χ0n) is 9.90. The lowest BCUT2D eigenvalue weighted by Crippen LogP contribution is -2.34. The highest BCUT2D eigenvalue weighted by molar-refractivity contribution is 5.87. The van der Waals surface area contributed by atoms with E-state index < -0.39 is 0 Å². The van der Waals surface area contributed by atoms with E-state index in [2.05, 4.69) is 5.32 Å². The van der Waals surface area contributed by atoms with Crippen LogP contribution in [0, 0.1) is 6.92 Å². The van der Waals surface area contributed by atoms with Gasteiger partial charge in [0.1, 0.15) is 0 Å². The second-order valence-corrected chi connectivity index (χ2v) is 4.33. The molecule has 0 aliphatic carbocycles. The van der Waals surface area contributed by atoms with Gasteiger partial charge in [0.05, 0.1) is 6.54 Å². The molecule has 1 saturated heterocycles. The maximum Gasteiger partial charge on any atom is 0.242 e. The molecule has 0 unspecified atom stereocenters. The van der Waals surface area contributed by atoms with Crippen LogP contribution in [-0.2, 0) is 16.1 Å². The minimum atomic E-state index is -0.0512. The number of aryl methyl sites for hydroxylation is 1. The van der Waals surface area contributed by atoms with Gasteiger partial charge < -0.3 is 10.2 Å². The van der Waals surface area contributed by atoms with Crippen molar-refractivity contribution in [2.75, 3.05) is 13.1 Å². The van der Waals surface area contributed by atoms with Crippen LogP contribution in [-0.4, -0.2) is 29.8 Å². The first-order valence-corrected chi connectivity index (χ1v) is 5.75. The van der Waals surface area contributed by atoms with Crippen molar-refractivity contribution in [3.8, 4) is 0 Å². The molecule has 0 atom stereocenters. The van der Waals surface area contributed by atoms with Gasteiger partial charge in [-0.1, -0.05) is 29.8 Å². The summed E-state index contributed by atoms with van der Waals surface area (Å²) in [5.74, 6) is -0.0684. The molecule has 0 spiro atoms. The molecule has 1 aliphatic rings.